The van der Waals surface area contributed by atoms with Gasteiger partial charge in [-0.15, -0.1) is 22.8 Å². The van der Waals surface area contributed by atoms with E-state index in [0.717, 1.165) is 24.3 Å². The van der Waals surface area contributed by atoms with Gasteiger partial charge in [0.15, 0.2) is 10.9 Å². The molecule has 0 aliphatic rings. The lowest BCUT2D eigenvalue weighted by Gasteiger charge is -2.16. The van der Waals surface area contributed by atoms with Gasteiger partial charge in [-0.1, -0.05) is 32.0 Å². The number of thiol groups is 1. The molecule has 0 amide bonds. The lowest BCUT2D eigenvalue weighted by Crippen LogP contribution is -2.06. The molecule has 2 aromatic heterocycles. The molecule has 5 heteroatoms. The first kappa shape index (κ1) is 14.9. The number of rotatable bonds is 4. The highest BCUT2D eigenvalue weighted by atomic mass is 32.1. The molecule has 4 nitrogen and oxygen atoms in total. The Morgan fingerprint density at radius 2 is 1.73 bits per heavy atom. The van der Waals surface area contributed by atoms with E-state index in [9.17, 15) is 0 Å². The van der Waals surface area contributed by atoms with Gasteiger partial charge in [0.05, 0.1) is 5.69 Å². The predicted octanol–water partition coefficient (Wildman–Crippen LogP) is 4.25. The number of nitrogens with zero attached hydrogens (tertiary/aromatic N) is 3. The zero-order chi connectivity index (χ0) is 15.7. The molecule has 114 valence electrons. The second kappa shape index (κ2) is 6.01. The van der Waals surface area contributed by atoms with Crippen LogP contribution in [0.3, 0.4) is 0 Å². The van der Waals surface area contributed by atoms with Gasteiger partial charge in [-0.2, -0.15) is 0 Å². The molecule has 22 heavy (non-hydrogen) atoms. The van der Waals surface area contributed by atoms with Crippen molar-refractivity contribution >= 4 is 12.6 Å². The van der Waals surface area contributed by atoms with Gasteiger partial charge in [0.25, 0.3) is 0 Å². The lowest BCUT2D eigenvalue weighted by atomic mass is 10.0. The molecule has 1 aromatic carbocycles. The predicted molar refractivity (Wildman–Crippen MR) is 89.8 cm³/mol. The molecule has 0 saturated carbocycles. The summed E-state index contributed by atoms with van der Waals surface area (Å²) < 4.78 is 7.72. The highest BCUT2D eigenvalue weighted by Gasteiger charge is 2.20. The Labute approximate surface area is 135 Å². The molecule has 2 heterocycles. The number of para-hydroxylation sites is 1. The van der Waals surface area contributed by atoms with Crippen molar-refractivity contribution in [1.29, 1.82) is 0 Å². The normalized spacial score (nSPS) is 11.1. The quantitative estimate of drug-likeness (QED) is 0.732. The van der Waals surface area contributed by atoms with Crippen molar-refractivity contribution < 1.29 is 4.42 Å². The van der Waals surface area contributed by atoms with Crippen LogP contribution in [0, 0.1) is 6.92 Å². The Morgan fingerprint density at radius 3 is 2.27 bits per heavy atom. The first-order chi connectivity index (χ1) is 10.7. The van der Waals surface area contributed by atoms with Gasteiger partial charge >= 0.3 is 0 Å². The minimum Gasteiger partial charge on any atom is -0.458 e. The lowest BCUT2D eigenvalue weighted by molar-refractivity contribution is 0.542. The van der Waals surface area contributed by atoms with Gasteiger partial charge in [-0.3, -0.25) is 4.57 Å². The number of hydrogen-bond acceptors (Lipinski definition) is 4. The van der Waals surface area contributed by atoms with Crippen LogP contribution in [0.2, 0.25) is 0 Å². The van der Waals surface area contributed by atoms with Crippen LogP contribution < -0.4 is 0 Å². The summed E-state index contributed by atoms with van der Waals surface area (Å²) in [5.41, 5.74) is 3.62. The molecule has 0 spiro atoms. The fraction of sp³-hybridized carbons (Fsp3) is 0.294. The SMILES string of the molecule is CCc1cccc(CC)c1-n1c(S)nnc1-c1ccc(C)o1. The molecule has 0 saturated heterocycles. The number of benzene rings is 1. The first-order valence-corrected chi connectivity index (χ1v) is 7.92. The molecule has 3 rings (SSSR count). The van der Waals surface area contributed by atoms with E-state index in [1.165, 1.54) is 11.1 Å². The van der Waals surface area contributed by atoms with Crippen LogP contribution in [0.4, 0.5) is 0 Å². The van der Waals surface area contributed by atoms with Crippen molar-refractivity contribution in [2.75, 3.05) is 0 Å². The van der Waals surface area contributed by atoms with E-state index in [4.69, 9.17) is 4.42 Å². The largest absolute Gasteiger partial charge is 0.458 e. The zero-order valence-corrected chi connectivity index (χ0v) is 13.9. The van der Waals surface area contributed by atoms with E-state index < -0.39 is 0 Å². The summed E-state index contributed by atoms with van der Waals surface area (Å²) >= 11 is 4.51. The molecule has 0 unspecified atom stereocenters. The summed E-state index contributed by atoms with van der Waals surface area (Å²) in [7, 11) is 0. The Bertz CT molecular complexity index is 782. The fourth-order valence-corrected chi connectivity index (χ4v) is 2.94. The van der Waals surface area contributed by atoms with E-state index in [1.807, 2.05) is 23.6 Å². The van der Waals surface area contributed by atoms with Gasteiger partial charge < -0.3 is 4.42 Å². The molecule has 0 radical (unpaired) electrons. The number of aromatic nitrogens is 3. The minimum absolute atomic E-state index is 0.569. The van der Waals surface area contributed by atoms with Crippen LogP contribution in [0.1, 0.15) is 30.7 Å². The third-order valence-electron chi connectivity index (χ3n) is 3.80. The van der Waals surface area contributed by atoms with Crippen LogP contribution in [-0.2, 0) is 12.8 Å². The summed E-state index contributed by atoms with van der Waals surface area (Å²) in [5.74, 6) is 2.25. The van der Waals surface area contributed by atoms with E-state index in [0.29, 0.717) is 16.7 Å². The van der Waals surface area contributed by atoms with E-state index >= 15 is 0 Å². The van der Waals surface area contributed by atoms with Crippen molar-refractivity contribution in [3.8, 4) is 17.3 Å². The first-order valence-electron chi connectivity index (χ1n) is 7.48. The van der Waals surface area contributed by atoms with Crippen molar-refractivity contribution in [2.45, 2.75) is 38.8 Å². The van der Waals surface area contributed by atoms with Crippen LogP contribution in [0.15, 0.2) is 39.9 Å². The molecule has 0 atom stereocenters. The van der Waals surface area contributed by atoms with Gasteiger partial charge in [0.1, 0.15) is 5.76 Å². The maximum Gasteiger partial charge on any atom is 0.205 e. The molecular formula is C17H19N3OS. The average molecular weight is 313 g/mol. The number of aryl methyl sites for hydroxylation is 3. The van der Waals surface area contributed by atoms with Gasteiger partial charge in [0.2, 0.25) is 5.82 Å². The molecule has 0 aliphatic heterocycles. The smallest absolute Gasteiger partial charge is 0.205 e. The summed E-state index contributed by atoms with van der Waals surface area (Å²) in [6, 6.07) is 10.2. The summed E-state index contributed by atoms with van der Waals surface area (Å²) in [6.07, 6.45) is 1.87. The van der Waals surface area contributed by atoms with Crippen molar-refractivity contribution in [3.05, 3.63) is 47.2 Å². The molecule has 0 N–H and O–H groups in total. The average Bonchev–Trinajstić information content (AvgIpc) is 3.12. The summed E-state index contributed by atoms with van der Waals surface area (Å²) in [6.45, 7) is 6.22. The number of furan rings is 1. The van der Waals surface area contributed by atoms with Crippen molar-refractivity contribution in [2.24, 2.45) is 0 Å². The van der Waals surface area contributed by atoms with Crippen molar-refractivity contribution in [1.82, 2.24) is 14.8 Å². The zero-order valence-electron chi connectivity index (χ0n) is 13.0. The standard InChI is InChI=1S/C17H19N3OS/c1-4-12-7-6-8-13(5-2)15(12)20-16(18-19-17(20)22)14-10-9-11(3)21-14/h6-10H,4-5H2,1-3H3,(H,19,22). The van der Waals surface area contributed by atoms with Crippen LogP contribution in [0.5, 0.6) is 0 Å². The highest BCUT2D eigenvalue weighted by molar-refractivity contribution is 7.80. The monoisotopic (exact) mass is 313 g/mol. The Hall–Kier alpha value is -2.01. The van der Waals surface area contributed by atoms with Gasteiger partial charge in [-0.25, -0.2) is 0 Å². The second-order valence-electron chi connectivity index (χ2n) is 5.20. The third kappa shape index (κ3) is 2.46. The van der Waals surface area contributed by atoms with Gasteiger partial charge in [-0.05, 0) is 43.0 Å². The second-order valence-corrected chi connectivity index (χ2v) is 5.60. The molecule has 0 bridgehead atoms. The Morgan fingerprint density at radius 1 is 1.05 bits per heavy atom. The summed E-state index contributed by atoms with van der Waals surface area (Å²) in [4.78, 5) is 0. The van der Waals surface area contributed by atoms with Crippen LogP contribution in [-0.4, -0.2) is 14.8 Å². The molecule has 0 fully saturated rings. The maximum atomic E-state index is 5.73. The minimum atomic E-state index is 0.569. The van der Waals surface area contributed by atoms with Crippen LogP contribution in [0.25, 0.3) is 17.3 Å². The van der Waals surface area contributed by atoms with Crippen molar-refractivity contribution in [3.63, 3.8) is 0 Å². The number of hydrogen-bond donors (Lipinski definition) is 1. The maximum absolute atomic E-state index is 5.73. The van der Waals surface area contributed by atoms with E-state index in [1.54, 1.807) is 0 Å². The summed E-state index contributed by atoms with van der Waals surface area (Å²) in [5, 5.41) is 8.99. The Kier molecular flexibility index (Phi) is 4.07. The molecule has 0 aliphatic carbocycles. The van der Waals surface area contributed by atoms with Crippen LogP contribution >= 0.6 is 12.6 Å². The molecular weight excluding hydrogens is 294 g/mol. The highest BCUT2D eigenvalue weighted by Crippen LogP contribution is 2.30. The third-order valence-corrected chi connectivity index (χ3v) is 4.08. The molecule has 3 aromatic rings. The Balaban J connectivity index is 2.28. The van der Waals surface area contributed by atoms with E-state index in [2.05, 4.69) is 54.9 Å². The van der Waals surface area contributed by atoms with E-state index in [-0.39, 0.29) is 0 Å². The van der Waals surface area contributed by atoms with Gasteiger partial charge in [0, 0.05) is 0 Å². The fourth-order valence-electron chi connectivity index (χ4n) is 2.70. The topological polar surface area (TPSA) is 43.9 Å².